The molecule has 110 valence electrons. The van der Waals surface area contributed by atoms with Gasteiger partial charge in [0.2, 0.25) is 5.88 Å². The van der Waals surface area contributed by atoms with Crippen LogP contribution in [-0.4, -0.2) is 23.0 Å². The van der Waals surface area contributed by atoms with Crippen LogP contribution in [0.3, 0.4) is 0 Å². The maximum Gasteiger partial charge on any atom is 0.218 e. The van der Waals surface area contributed by atoms with E-state index in [2.05, 4.69) is 46.3 Å². The molecule has 2 heterocycles. The highest BCUT2D eigenvalue weighted by Crippen LogP contribution is 2.36. The van der Waals surface area contributed by atoms with Crippen molar-refractivity contribution in [1.82, 2.24) is 9.88 Å². The molecule has 3 nitrogen and oxygen atoms in total. The Morgan fingerprint density at radius 3 is 2.86 bits per heavy atom. The number of nitrogens with zero attached hydrogens (tertiary/aromatic N) is 2. The standard InChI is InChI=1S/C18H22N2O/c1-2-21-18-16(10-6-12-19-18)17-11-7-13-20(17)14-15-8-4-3-5-9-15/h3-6,8-10,12,17H,2,7,11,13-14H2,1H3/t17-/m1/s1. The SMILES string of the molecule is CCOc1ncccc1[C@H]1CCCN1Cc1ccccc1. The summed E-state index contributed by atoms with van der Waals surface area (Å²) in [5.74, 6) is 0.796. The zero-order valence-corrected chi connectivity index (χ0v) is 12.5. The van der Waals surface area contributed by atoms with Gasteiger partial charge in [-0.3, -0.25) is 4.90 Å². The third-order valence-electron chi connectivity index (χ3n) is 4.03. The van der Waals surface area contributed by atoms with Crippen molar-refractivity contribution in [2.24, 2.45) is 0 Å². The van der Waals surface area contributed by atoms with Gasteiger partial charge in [0.05, 0.1) is 6.61 Å². The molecule has 1 aromatic heterocycles. The average Bonchev–Trinajstić information content (AvgIpc) is 2.97. The molecule has 1 saturated heterocycles. The fourth-order valence-corrected chi connectivity index (χ4v) is 3.10. The Labute approximate surface area is 126 Å². The Balaban J connectivity index is 1.81. The van der Waals surface area contributed by atoms with E-state index >= 15 is 0 Å². The number of aromatic nitrogens is 1. The molecule has 1 fully saturated rings. The molecule has 1 aromatic carbocycles. The van der Waals surface area contributed by atoms with Gasteiger partial charge in [-0.25, -0.2) is 4.98 Å². The number of hydrogen-bond acceptors (Lipinski definition) is 3. The van der Waals surface area contributed by atoms with Crippen LogP contribution in [-0.2, 0) is 6.54 Å². The van der Waals surface area contributed by atoms with Crippen LogP contribution < -0.4 is 4.74 Å². The summed E-state index contributed by atoms with van der Waals surface area (Å²) in [7, 11) is 0. The molecule has 0 saturated carbocycles. The van der Waals surface area contributed by atoms with E-state index in [4.69, 9.17) is 4.74 Å². The van der Waals surface area contributed by atoms with Crippen molar-refractivity contribution in [1.29, 1.82) is 0 Å². The highest BCUT2D eigenvalue weighted by molar-refractivity contribution is 5.30. The first-order valence-electron chi connectivity index (χ1n) is 7.74. The first kappa shape index (κ1) is 14.1. The smallest absolute Gasteiger partial charge is 0.218 e. The second-order valence-electron chi connectivity index (χ2n) is 5.44. The molecule has 2 aromatic rings. The number of rotatable bonds is 5. The van der Waals surface area contributed by atoms with Crippen molar-refractivity contribution in [3.05, 3.63) is 59.8 Å². The molecule has 1 aliphatic heterocycles. The fourth-order valence-electron chi connectivity index (χ4n) is 3.10. The van der Waals surface area contributed by atoms with E-state index in [-0.39, 0.29) is 0 Å². The van der Waals surface area contributed by atoms with Crippen molar-refractivity contribution in [2.45, 2.75) is 32.4 Å². The van der Waals surface area contributed by atoms with Gasteiger partial charge in [0.1, 0.15) is 0 Å². The monoisotopic (exact) mass is 282 g/mol. The van der Waals surface area contributed by atoms with Crippen LogP contribution in [0.1, 0.15) is 36.9 Å². The largest absolute Gasteiger partial charge is 0.478 e. The van der Waals surface area contributed by atoms with Crippen LogP contribution in [0.25, 0.3) is 0 Å². The molecule has 3 heteroatoms. The van der Waals surface area contributed by atoms with Crippen molar-refractivity contribution in [3.8, 4) is 5.88 Å². The molecular formula is C18H22N2O. The fraction of sp³-hybridized carbons (Fsp3) is 0.389. The van der Waals surface area contributed by atoms with E-state index in [1.165, 1.54) is 24.0 Å². The first-order chi connectivity index (χ1) is 10.4. The van der Waals surface area contributed by atoms with Crippen molar-refractivity contribution >= 4 is 0 Å². The molecule has 0 unspecified atom stereocenters. The summed E-state index contributed by atoms with van der Waals surface area (Å²) in [4.78, 5) is 6.94. The third-order valence-corrected chi connectivity index (χ3v) is 4.03. The third kappa shape index (κ3) is 3.24. The molecule has 1 atom stereocenters. The number of ether oxygens (including phenoxy) is 1. The quantitative estimate of drug-likeness (QED) is 0.833. The summed E-state index contributed by atoms with van der Waals surface area (Å²) < 4.78 is 5.71. The number of benzene rings is 1. The van der Waals surface area contributed by atoms with Crippen LogP contribution in [0.2, 0.25) is 0 Å². The molecule has 0 radical (unpaired) electrons. The van der Waals surface area contributed by atoms with E-state index in [1.807, 2.05) is 19.2 Å². The highest BCUT2D eigenvalue weighted by atomic mass is 16.5. The summed E-state index contributed by atoms with van der Waals surface area (Å²) >= 11 is 0. The topological polar surface area (TPSA) is 25.4 Å². The van der Waals surface area contributed by atoms with Gasteiger partial charge < -0.3 is 4.74 Å². The predicted octanol–water partition coefficient (Wildman–Crippen LogP) is 3.82. The van der Waals surface area contributed by atoms with Crippen molar-refractivity contribution in [2.75, 3.05) is 13.2 Å². The summed E-state index contributed by atoms with van der Waals surface area (Å²) in [6.07, 6.45) is 4.22. The van der Waals surface area contributed by atoms with Gasteiger partial charge in [0, 0.05) is 24.3 Å². The Morgan fingerprint density at radius 1 is 1.19 bits per heavy atom. The predicted molar refractivity (Wildman–Crippen MR) is 84.2 cm³/mol. The van der Waals surface area contributed by atoms with Crippen molar-refractivity contribution < 1.29 is 4.74 Å². The number of pyridine rings is 1. The van der Waals surface area contributed by atoms with Crippen LogP contribution in [0.5, 0.6) is 5.88 Å². The molecule has 0 spiro atoms. The van der Waals surface area contributed by atoms with E-state index in [0.717, 1.165) is 19.0 Å². The van der Waals surface area contributed by atoms with Gasteiger partial charge >= 0.3 is 0 Å². The average molecular weight is 282 g/mol. The Bertz CT molecular complexity index is 570. The molecule has 0 bridgehead atoms. The van der Waals surface area contributed by atoms with E-state index < -0.39 is 0 Å². The Kier molecular flexibility index (Phi) is 4.51. The Hall–Kier alpha value is -1.87. The van der Waals surface area contributed by atoms with E-state index in [1.54, 1.807) is 0 Å². The summed E-state index contributed by atoms with van der Waals surface area (Å²) in [6.45, 7) is 4.80. The zero-order chi connectivity index (χ0) is 14.5. The molecule has 1 aliphatic rings. The van der Waals surface area contributed by atoms with Crippen LogP contribution >= 0.6 is 0 Å². The Morgan fingerprint density at radius 2 is 2.05 bits per heavy atom. The normalized spacial score (nSPS) is 18.8. The maximum atomic E-state index is 5.71. The lowest BCUT2D eigenvalue weighted by Gasteiger charge is -2.25. The number of likely N-dealkylation sites (tertiary alicyclic amines) is 1. The molecular weight excluding hydrogens is 260 g/mol. The summed E-state index contributed by atoms with van der Waals surface area (Å²) in [5.41, 5.74) is 2.60. The minimum absolute atomic E-state index is 0.417. The van der Waals surface area contributed by atoms with E-state index in [9.17, 15) is 0 Å². The molecule has 0 aliphatic carbocycles. The maximum absolute atomic E-state index is 5.71. The molecule has 3 rings (SSSR count). The molecule has 21 heavy (non-hydrogen) atoms. The van der Waals surface area contributed by atoms with Crippen LogP contribution in [0.15, 0.2) is 48.7 Å². The second kappa shape index (κ2) is 6.72. The lowest BCUT2D eigenvalue weighted by atomic mass is 10.1. The summed E-state index contributed by atoms with van der Waals surface area (Å²) in [6, 6.07) is 15.3. The minimum atomic E-state index is 0.417. The van der Waals surface area contributed by atoms with Gasteiger partial charge in [-0.05, 0) is 37.9 Å². The van der Waals surface area contributed by atoms with Crippen molar-refractivity contribution in [3.63, 3.8) is 0 Å². The number of hydrogen-bond donors (Lipinski definition) is 0. The second-order valence-corrected chi connectivity index (χ2v) is 5.44. The lowest BCUT2D eigenvalue weighted by Crippen LogP contribution is -2.23. The first-order valence-corrected chi connectivity index (χ1v) is 7.74. The highest BCUT2D eigenvalue weighted by Gasteiger charge is 2.28. The van der Waals surface area contributed by atoms with Crippen LogP contribution in [0.4, 0.5) is 0 Å². The van der Waals surface area contributed by atoms with Gasteiger partial charge in [-0.2, -0.15) is 0 Å². The lowest BCUT2D eigenvalue weighted by molar-refractivity contribution is 0.237. The van der Waals surface area contributed by atoms with Gasteiger partial charge in [-0.1, -0.05) is 36.4 Å². The van der Waals surface area contributed by atoms with Gasteiger partial charge in [-0.15, -0.1) is 0 Å². The minimum Gasteiger partial charge on any atom is -0.478 e. The molecule has 0 N–H and O–H groups in total. The van der Waals surface area contributed by atoms with Crippen LogP contribution in [0, 0.1) is 0 Å². The van der Waals surface area contributed by atoms with Gasteiger partial charge in [0.25, 0.3) is 0 Å². The van der Waals surface area contributed by atoms with Gasteiger partial charge in [0.15, 0.2) is 0 Å². The zero-order valence-electron chi connectivity index (χ0n) is 12.5. The summed E-state index contributed by atoms with van der Waals surface area (Å²) in [5, 5.41) is 0. The van der Waals surface area contributed by atoms with E-state index in [0.29, 0.717) is 12.6 Å². The molecule has 0 amide bonds.